The number of rotatable bonds is 6. The Morgan fingerprint density at radius 2 is 1.27 bits per heavy atom. The van der Waals surface area contributed by atoms with E-state index in [1.807, 2.05) is 53.7 Å². The van der Waals surface area contributed by atoms with Gasteiger partial charge in [-0.3, -0.25) is 9.59 Å². The lowest BCUT2D eigenvalue weighted by atomic mass is 9.77. The van der Waals surface area contributed by atoms with Crippen LogP contribution in [0.1, 0.15) is 73.4 Å². The van der Waals surface area contributed by atoms with E-state index in [1.54, 1.807) is 23.0 Å². The van der Waals surface area contributed by atoms with Gasteiger partial charge in [-0.15, -0.1) is 0 Å². The first-order valence-corrected chi connectivity index (χ1v) is 13.5. The minimum atomic E-state index is -1.56. The first kappa shape index (κ1) is 29.9. The summed E-state index contributed by atoms with van der Waals surface area (Å²) in [6.07, 6.45) is 0. The third-order valence-electron chi connectivity index (χ3n) is 8.16. The first-order valence-electron chi connectivity index (χ1n) is 13.5. The van der Waals surface area contributed by atoms with Crippen LogP contribution in [0.2, 0.25) is 0 Å². The number of carbonyl (C=O) groups excluding carboxylic acids is 2. The van der Waals surface area contributed by atoms with Crippen LogP contribution in [0, 0.1) is 0 Å². The Morgan fingerprint density at radius 3 is 1.70 bits per heavy atom. The molecule has 0 unspecified atom stereocenters. The number of fused-ring (bicyclic) bond motifs is 2. The van der Waals surface area contributed by atoms with Crippen LogP contribution in [0.25, 0.3) is 0 Å². The van der Waals surface area contributed by atoms with E-state index >= 15 is 0 Å². The number of hydrogen-bond donors (Lipinski definition) is 2. The average Bonchev–Trinajstić information content (AvgIpc) is 3.50. The van der Waals surface area contributed by atoms with Crippen molar-refractivity contribution in [3.8, 4) is 11.5 Å². The fraction of sp³-hybridized carbons (Fsp3) is 0.500. The van der Waals surface area contributed by atoms with Gasteiger partial charge in [0, 0.05) is 26.2 Å². The molecule has 0 spiro atoms. The zero-order valence-corrected chi connectivity index (χ0v) is 24.5. The van der Waals surface area contributed by atoms with Crippen molar-refractivity contribution in [2.24, 2.45) is 0 Å². The summed E-state index contributed by atoms with van der Waals surface area (Å²) in [6, 6.07) is 6.99. The zero-order chi connectivity index (χ0) is 29.6. The molecule has 3 aliphatic rings. The van der Waals surface area contributed by atoms with Crippen LogP contribution in [0.5, 0.6) is 11.5 Å². The second kappa shape index (κ2) is 11.1. The van der Waals surface area contributed by atoms with Crippen molar-refractivity contribution in [3.05, 3.63) is 46.5 Å². The molecule has 0 bridgehead atoms. The van der Waals surface area contributed by atoms with Gasteiger partial charge in [-0.25, -0.2) is 0 Å². The molecule has 2 amide bonds. The van der Waals surface area contributed by atoms with Crippen molar-refractivity contribution < 1.29 is 38.4 Å². The van der Waals surface area contributed by atoms with Gasteiger partial charge in [0.05, 0.1) is 36.5 Å². The number of hydrogen-bond acceptors (Lipinski definition) is 8. The number of ether oxygens (including phenoxy) is 2. The Balaban J connectivity index is 0.000000194. The minimum absolute atomic E-state index is 0.0276. The van der Waals surface area contributed by atoms with Crippen molar-refractivity contribution in [2.45, 2.75) is 65.8 Å². The van der Waals surface area contributed by atoms with Gasteiger partial charge in [-0.1, -0.05) is 12.1 Å². The van der Waals surface area contributed by atoms with Crippen LogP contribution >= 0.6 is 0 Å². The van der Waals surface area contributed by atoms with Gasteiger partial charge < -0.3 is 38.6 Å². The highest BCUT2D eigenvalue weighted by molar-refractivity contribution is 6.62. The van der Waals surface area contributed by atoms with Crippen molar-refractivity contribution >= 4 is 37.0 Å². The minimum Gasteiger partial charge on any atom is -0.496 e. The maximum Gasteiger partial charge on any atom is 0.494 e. The molecule has 5 rings (SSSR count). The summed E-state index contributed by atoms with van der Waals surface area (Å²) >= 11 is 0. The molecule has 10 nitrogen and oxygen atoms in total. The Kier molecular flexibility index (Phi) is 8.29. The summed E-state index contributed by atoms with van der Waals surface area (Å²) in [5, 5.41) is 18.3. The molecule has 0 atom stereocenters. The molecule has 214 valence electrons. The molecule has 2 aromatic carbocycles. The SMILES string of the molecule is CCN1Cc2cc(B(O)O)cc(OC)c2C1=O.CCN1Cc2cc(B3OC(C)(C)C(C)(C)O3)cc(OC)c2C1=O. The lowest BCUT2D eigenvalue weighted by Gasteiger charge is -2.32. The summed E-state index contributed by atoms with van der Waals surface area (Å²) in [5.74, 6) is 0.942. The van der Waals surface area contributed by atoms with Crippen LogP contribution in [0.3, 0.4) is 0 Å². The van der Waals surface area contributed by atoms with Crippen LogP contribution in [0.4, 0.5) is 0 Å². The molecule has 1 saturated heterocycles. The van der Waals surface area contributed by atoms with Crippen LogP contribution in [-0.2, 0) is 22.4 Å². The largest absolute Gasteiger partial charge is 0.496 e. The third-order valence-corrected chi connectivity index (χ3v) is 8.16. The van der Waals surface area contributed by atoms with Crippen molar-refractivity contribution in [2.75, 3.05) is 27.3 Å². The van der Waals surface area contributed by atoms with Crippen LogP contribution in [0.15, 0.2) is 24.3 Å². The Morgan fingerprint density at radius 1 is 0.825 bits per heavy atom. The summed E-state index contributed by atoms with van der Waals surface area (Å²) in [5.41, 5.74) is 3.38. The van der Waals surface area contributed by atoms with E-state index in [-0.39, 0.29) is 11.8 Å². The lowest BCUT2D eigenvalue weighted by molar-refractivity contribution is 0.00578. The molecule has 2 aromatic rings. The molecule has 40 heavy (non-hydrogen) atoms. The second-order valence-corrected chi connectivity index (χ2v) is 11.1. The molecular formula is C28H38B2N2O8. The monoisotopic (exact) mass is 552 g/mol. The number of nitrogens with zero attached hydrogens (tertiary/aromatic N) is 2. The number of methoxy groups -OCH3 is 2. The maximum atomic E-state index is 12.4. The van der Waals surface area contributed by atoms with Gasteiger partial charge >= 0.3 is 14.2 Å². The predicted molar refractivity (Wildman–Crippen MR) is 152 cm³/mol. The van der Waals surface area contributed by atoms with Crippen LogP contribution < -0.4 is 20.4 Å². The molecule has 3 aliphatic heterocycles. The van der Waals surface area contributed by atoms with E-state index in [0.717, 1.165) is 16.6 Å². The molecule has 3 heterocycles. The fourth-order valence-corrected chi connectivity index (χ4v) is 5.10. The summed E-state index contributed by atoms with van der Waals surface area (Å²) in [6.45, 7) is 14.4. The number of amides is 2. The lowest BCUT2D eigenvalue weighted by Crippen LogP contribution is -2.41. The molecule has 12 heteroatoms. The van der Waals surface area contributed by atoms with E-state index in [0.29, 0.717) is 54.3 Å². The van der Waals surface area contributed by atoms with Gasteiger partial charge in [-0.05, 0) is 75.7 Å². The number of carbonyl (C=O) groups is 2. The maximum absolute atomic E-state index is 12.4. The first-order chi connectivity index (χ1) is 18.8. The van der Waals surface area contributed by atoms with Gasteiger partial charge in [0.25, 0.3) is 11.8 Å². The number of benzene rings is 2. The summed E-state index contributed by atoms with van der Waals surface area (Å²) in [4.78, 5) is 27.9. The summed E-state index contributed by atoms with van der Waals surface area (Å²) < 4.78 is 22.8. The van der Waals surface area contributed by atoms with Crippen molar-refractivity contribution in [3.63, 3.8) is 0 Å². The fourth-order valence-electron chi connectivity index (χ4n) is 5.10. The highest BCUT2D eigenvalue weighted by Crippen LogP contribution is 2.38. The van der Waals surface area contributed by atoms with Crippen LogP contribution in [-0.4, -0.2) is 84.4 Å². The zero-order valence-electron chi connectivity index (χ0n) is 24.5. The van der Waals surface area contributed by atoms with Crippen molar-refractivity contribution in [1.29, 1.82) is 0 Å². The molecule has 1 fully saturated rings. The molecule has 0 aromatic heterocycles. The van der Waals surface area contributed by atoms with E-state index in [4.69, 9.17) is 28.8 Å². The normalized spacial score (nSPS) is 18.4. The Bertz CT molecular complexity index is 1300. The highest BCUT2D eigenvalue weighted by atomic mass is 16.7. The average molecular weight is 552 g/mol. The van der Waals surface area contributed by atoms with Crippen molar-refractivity contribution in [1.82, 2.24) is 9.80 Å². The summed E-state index contributed by atoms with van der Waals surface area (Å²) in [7, 11) is 1.04. The topological polar surface area (TPSA) is 118 Å². The van der Waals surface area contributed by atoms with E-state index < -0.39 is 25.4 Å². The second-order valence-electron chi connectivity index (χ2n) is 11.1. The third kappa shape index (κ3) is 5.21. The molecule has 0 aliphatic carbocycles. The Hall–Kier alpha value is -3.05. The smallest absolute Gasteiger partial charge is 0.494 e. The van der Waals surface area contributed by atoms with E-state index in [1.165, 1.54) is 13.2 Å². The van der Waals surface area contributed by atoms with Gasteiger partial charge in [0.2, 0.25) is 0 Å². The molecular weight excluding hydrogens is 514 g/mol. The quantitative estimate of drug-likeness (QED) is 0.516. The highest BCUT2D eigenvalue weighted by Gasteiger charge is 2.52. The molecule has 2 N–H and O–H groups in total. The molecule has 0 saturated carbocycles. The predicted octanol–water partition coefficient (Wildman–Crippen LogP) is 1.32. The van der Waals surface area contributed by atoms with E-state index in [9.17, 15) is 9.59 Å². The van der Waals surface area contributed by atoms with E-state index in [2.05, 4.69) is 0 Å². The van der Waals surface area contributed by atoms with Gasteiger partial charge in [0.15, 0.2) is 0 Å². The van der Waals surface area contributed by atoms with Gasteiger partial charge in [0.1, 0.15) is 11.5 Å². The Labute approximate surface area is 236 Å². The standard InChI is InChI=1S/C17H24BNO4.C11H14BNO4/c1-7-19-10-11-8-12(9-13(21-6)14(11)15(19)20)18-22-16(2,3)17(4,5)23-18;1-3-13-6-7-4-8(12(15)16)5-9(17-2)10(7)11(13)14/h8-9H,7,10H2,1-6H3;4-5,15-16H,3,6H2,1-2H3. The van der Waals surface area contributed by atoms with Gasteiger partial charge in [-0.2, -0.15) is 0 Å². The molecule has 0 radical (unpaired) electrons.